The van der Waals surface area contributed by atoms with E-state index in [2.05, 4.69) is 10.2 Å². The number of carbonyl (C=O) groups excluding carboxylic acids is 1. The van der Waals surface area contributed by atoms with Crippen molar-refractivity contribution in [2.75, 3.05) is 40.4 Å². The van der Waals surface area contributed by atoms with E-state index >= 15 is 0 Å². The second kappa shape index (κ2) is 14.7. The first kappa shape index (κ1) is 25.8. The van der Waals surface area contributed by atoms with E-state index in [4.69, 9.17) is 14.9 Å². The standard InChI is InChI=1S/C23H38N4O3/c1-6-8-19(15-22(28)26-29)14-20(9-7-2)23(24-4)18(3)16-25-21-10-11-27(17-21)12-13-30-5/h7-9,14,16,21,24,29H,6,10-13,15,17H2,1-5H3,(H,26,28)/b9-7-,19-8-,20-14+,23-18?,25-16?/t21-/m0/s1. The number of likely N-dealkylation sites (tertiary alicyclic amines) is 1. The summed E-state index contributed by atoms with van der Waals surface area (Å²) in [5.41, 5.74) is 5.50. The third-order valence-electron chi connectivity index (χ3n) is 4.91. The summed E-state index contributed by atoms with van der Waals surface area (Å²) in [4.78, 5) is 18.8. The molecule has 7 heteroatoms. The summed E-state index contributed by atoms with van der Waals surface area (Å²) in [6, 6.07) is 0.299. The Morgan fingerprint density at radius 2 is 2.17 bits per heavy atom. The van der Waals surface area contributed by atoms with Gasteiger partial charge in [-0.25, -0.2) is 5.48 Å². The maximum Gasteiger partial charge on any atom is 0.247 e. The first-order chi connectivity index (χ1) is 14.5. The highest BCUT2D eigenvalue weighted by Gasteiger charge is 2.20. The zero-order valence-corrected chi connectivity index (χ0v) is 19.1. The fourth-order valence-electron chi connectivity index (χ4n) is 3.46. The minimum absolute atomic E-state index is 0.120. The van der Waals surface area contributed by atoms with Gasteiger partial charge in [-0.2, -0.15) is 0 Å². The number of aliphatic imine (C=N–C) groups is 1. The van der Waals surface area contributed by atoms with E-state index in [9.17, 15) is 4.79 Å². The number of hydroxylamine groups is 1. The van der Waals surface area contributed by atoms with Crippen LogP contribution in [0.2, 0.25) is 0 Å². The van der Waals surface area contributed by atoms with Crippen LogP contribution >= 0.6 is 0 Å². The van der Waals surface area contributed by atoms with Crippen molar-refractivity contribution in [3.63, 3.8) is 0 Å². The fraction of sp³-hybridized carbons (Fsp3) is 0.565. The molecule has 0 aromatic rings. The molecule has 0 saturated carbocycles. The Morgan fingerprint density at radius 3 is 2.77 bits per heavy atom. The molecule has 1 saturated heterocycles. The lowest BCUT2D eigenvalue weighted by Gasteiger charge is -2.14. The van der Waals surface area contributed by atoms with Crippen LogP contribution < -0.4 is 10.8 Å². The van der Waals surface area contributed by atoms with Crippen LogP contribution in [-0.2, 0) is 9.53 Å². The van der Waals surface area contributed by atoms with Gasteiger partial charge >= 0.3 is 0 Å². The molecule has 30 heavy (non-hydrogen) atoms. The molecule has 0 aromatic carbocycles. The Bertz CT molecular complexity index is 693. The Hall–Kier alpha value is -2.22. The number of hydrogen-bond donors (Lipinski definition) is 3. The average molecular weight is 419 g/mol. The van der Waals surface area contributed by atoms with E-state index in [1.54, 1.807) is 12.6 Å². The zero-order chi connectivity index (χ0) is 22.4. The number of carbonyl (C=O) groups is 1. The molecular formula is C23H38N4O3. The predicted octanol–water partition coefficient (Wildman–Crippen LogP) is 3.01. The van der Waals surface area contributed by atoms with Gasteiger partial charge in [-0.05, 0) is 49.5 Å². The largest absolute Gasteiger partial charge is 0.387 e. The van der Waals surface area contributed by atoms with E-state index in [1.165, 1.54) is 0 Å². The highest BCUT2D eigenvalue weighted by atomic mass is 16.5. The summed E-state index contributed by atoms with van der Waals surface area (Å²) in [6.45, 7) is 9.72. The number of likely N-dealkylation sites (N-methyl/N-ethyl adjacent to an activating group) is 1. The number of methoxy groups -OCH3 is 1. The van der Waals surface area contributed by atoms with Gasteiger partial charge in [-0.3, -0.25) is 19.9 Å². The molecule has 7 nitrogen and oxygen atoms in total. The number of amides is 1. The molecule has 1 heterocycles. The van der Waals surface area contributed by atoms with Crippen LogP contribution in [0.25, 0.3) is 0 Å². The van der Waals surface area contributed by atoms with Crippen LogP contribution in [0.3, 0.4) is 0 Å². The minimum atomic E-state index is -0.432. The highest BCUT2D eigenvalue weighted by Crippen LogP contribution is 2.19. The summed E-state index contributed by atoms with van der Waals surface area (Å²) >= 11 is 0. The quantitative estimate of drug-likeness (QED) is 0.196. The van der Waals surface area contributed by atoms with Gasteiger partial charge in [0.05, 0.1) is 19.1 Å². The third-order valence-corrected chi connectivity index (χ3v) is 4.91. The molecule has 0 aromatic heterocycles. The van der Waals surface area contributed by atoms with E-state index < -0.39 is 5.91 Å². The van der Waals surface area contributed by atoms with Crippen LogP contribution in [0, 0.1) is 0 Å². The molecule has 0 bridgehead atoms. The first-order valence-electron chi connectivity index (χ1n) is 10.6. The van der Waals surface area contributed by atoms with Gasteiger partial charge in [0.25, 0.3) is 0 Å². The Kier molecular flexibility index (Phi) is 12.7. The van der Waals surface area contributed by atoms with E-state index in [1.807, 2.05) is 58.3 Å². The molecule has 1 rings (SSSR count). The topological polar surface area (TPSA) is 86.2 Å². The van der Waals surface area contributed by atoms with E-state index in [0.717, 1.165) is 61.5 Å². The summed E-state index contributed by atoms with van der Waals surface area (Å²) in [7, 11) is 3.61. The van der Waals surface area contributed by atoms with Crippen molar-refractivity contribution in [3.8, 4) is 0 Å². The lowest BCUT2D eigenvalue weighted by molar-refractivity contribution is -0.128. The van der Waals surface area contributed by atoms with Crippen molar-refractivity contribution in [2.45, 2.75) is 46.1 Å². The van der Waals surface area contributed by atoms with Crippen molar-refractivity contribution in [2.24, 2.45) is 4.99 Å². The highest BCUT2D eigenvalue weighted by molar-refractivity contribution is 5.81. The van der Waals surface area contributed by atoms with Crippen molar-refractivity contribution < 1.29 is 14.7 Å². The zero-order valence-electron chi connectivity index (χ0n) is 19.1. The maximum absolute atomic E-state index is 11.6. The lowest BCUT2D eigenvalue weighted by atomic mass is 10.0. The van der Waals surface area contributed by atoms with Gasteiger partial charge < -0.3 is 10.1 Å². The van der Waals surface area contributed by atoms with Gasteiger partial charge in [0.2, 0.25) is 5.91 Å². The first-order valence-corrected chi connectivity index (χ1v) is 10.6. The third kappa shape index (κ3) is 9.07. The van der Waals surface area contributed by atoms with Gasteiger partial charge in [-0.15, -0.1) is 0 Å². The van der Waals surface area contributed by atoms with Gasteiger partial charge in [0.1, 0.15) is 0 Å². The molecule has 1 aliphatic rings. The van der Waals surface area contributed by atoms with Crippen molar-refractivity contribution in [3.05, 3.63) is 46.7 Å². The normalized spacial score (nSPS) is 19.6. The number of allylic oxidation sites excluding steroid dienone is 5. The van der Waals surface area contributed by atoms with Crippen LogP contribution in [0.1, 0.15) is 40.0 Å². The molecule has 1 fully saturated rings. The minimum Gasteiger partial charge on any atom is -0.387 e. The van der Waals surface area contributed by atoms with Crippen LogP contribution in [0.4, 0.5) is 0 Å². The smallest absolute Gasteiger partial charge is 0.247 e. The van der Waals surface area contributed by atoms with Crippen molar-refractivity contribution in [1.82, 2.24) is 15.7 Å². The van der Waals surface area contributed by atoms with Crippen molar-refractivity contribution in [1.29, 1.82) is 0 Å². The molecule has 0 radical (unpaired) electrons. The average Bonchev–Trinajstić information content (AvgIpc) is 3.19. The summed E-state index contributed by atoms with van der Waals surface area (Å²) < 4.78 is 5.16. The number of rotatable bonds is 12. The van der Waals surface area contributed by atoms with Gasteiger partial charge in [0.15, 0.2) is 0 Å². The Balaban J connectivity index is 3.05. The van der Waals surface area contributed by atoms with Gasteiger partial charge in [0, 0.05) is 45.7 Å². The predicted molar refractivity (Wildman–Crippen MR) is 123 cm³/mol. The maximum atomic E-state index is 11.6. The molecule has 0 spiro atoms. The van der Waals surface area contributed by atoms with Crippen LogP contribution in [0.15, 0.2) is 51.7 Å². The van der Waals surface area contributed by atoms with E-state index in [-0.39, 0.29) is 6.42 Å². The number of ether oxygens (including phenoxy) is 1. The SMILES string of the molecule is C\C=C/C(=C\C(=C\CC)CC(=O)NO)C(NC)=C(C)C=N[C@H]1CCN(CCOC)C1. The molecular weight excluding hydrogens is 380 g/mol. The van der Waals surface area contributed by atoms with Gasteiger partial charge in [-0.1, -0.05) is 25.2 Å². The number of nitrogens with one attached hydrogen (secondary N) is 2. The molecule has 0 unspecified atom stereocenters. The summed E-state index contributed by atoms with van der Waals surface area (Å²) in [5.74, 6) is -0.432. The molecule has 1 aliphatic heterocycles. The number of nitrogens with zero attached hydrogens (tertiary/aromatic N) is 2. The Labute approximate surface area is 181 Å². The number of hydrogen-bond acceptors (Lipinski definition) is 6. The molecule has 0 aliphatic carbocycles. The summed E-state index contributed by atoms with van der Waals surface area (Å²) in [6.07, 6.45) is 11.9. The Morgan fingerprint density at radius 1 is 1.40 bits per heavy atom. The molecule has 1 amide bonds. The van der Waals surface area contributed by atoms with Crippen molar-refractivity contribution >= 4 is 12.1 Å². The second-order valence-corrected chi connectivity index (χ2v) is 7.32. The summed E-state index contributed by atoms with van der Waals surface area (Å²) in [5, 5.41) is 12.1. The monoisotopic (exact) mass is 418 g/mol. The van der Waals surface area contributed by atoms with E-state index in [0.29, 0.717) is 6.04 Å². The molecule has 1 atom stereocenters. The molecule has 3 N–H and O–H groups in total. The lowest BCUT2D eigenvalue weighted by Crippen LogP contribution is -2.25. The van der Waals surface area contributed by atoms with Crippen LogP contribution in [-0.4, -0.2) is 68.7 Å². The second-order valence-electron chi connectivity index (χ2n) is 7.32. The molecule has 168 valence electrons. The van der Waals surface area contributed by atoms with Crippen LogP contribution in [0.5, 0.6) is 0 Å². The fourth-order valence-corrected chi connectivity index (χ4v) is 3.46.